The van der Waals surface area contributed by atoms with Crippen LogP contribution in [0.15, 0.2) is 30.3 Å². The van der Waals surface area contributed by atoms with Crippen LogP contribution in [0.1, 0.15) is 42.4 Å². The molecule has 3 rings (SSSR count). The number of unbranched alkanes of at least 4 members (excludes halogenated alkanes) is 2. The van der Waals surface area contributed by atoms with Crippen molar-refractivity contribution < 1.29 is 14.3 Å². The van der Waals surface area contributed by atoms with Crippen molar-refractivity contribution in [3.05, 3.63) is 41.7 Å². The minimum absolute atomic E-state index is 0.0543. The molecule has 0 radical (unpaired) electrons. The van der Waals surface area contributed by atoms with E-state index in [1.54, 1.807) is 7.11 Å². The van der Waals surface area contributed by atoms with E-state index in [1.165, 1.54) is 12.8 Å². The van der Waals surface area contributed by atoms with E-state index in [2.05, 4.69) is 21.8 Å². The summed E-state index contributed by atoms with van der Waals surface area (Å²) in [7, 11) is 1.60. The van der Waals surface area contributed by atoms with Gasteiger partial charge in [0, 0.05) is 37.8 Å². The lowest BCUT2D eigenvalue weighted by Gasteiger charge is -2.35. The molecule has 0 bridgehead atoms. The average molecular weight is 399 g/mol. The molecule has 1 aromatic heterocycles. The van der Waals surface area contributed by atoms with E-state index < -0.39 is 0 Å². The van der Waals surface area contributed by atoms with Gasteiger partial charge in [0.15, 0.2) is 0 Å². The number of aryl methyl sites for hydroxylation is 1. The van der Waals surface area contributed by atoms with Crippen LogP contribution in [0.3, 0.4) is 0 Å². The summed E-state index contributed by atoms with van der Waals surface area (Å²) in [4.78, 5) is 25.6. The first-order valence-corrected chi connectivity index (χ1v) is 10.3. The van der Waals surface area contributed by atoms with Crippen molar-refractivity contribution >= 4 is 11.7 Å². The monoisotopic (exact) mass is 398 g/mol. The van der Waals surface area contributed by atoms with E-state index in [4.69, 9.17) is 9.47 Å². The predicted molar refractivity (Wildman–Crippen MR) is 113 cm³/mol. The van der Waals surface area contributed by atoms with Crippen LogP contribution < -0.4 is 14.4 Å². The third-order valence-electron chi connectivity index (χ3n) is 5.02. The van der Waals surface area contributed by atoms with Gasteiger partial charge in [0.25, 0.3) is 5.91 Å². The molecule has 1 fully saturated rings. The number of aromatic nitrogens is 2. The summed E-state index contributed by atoms with van der Waals surface area (Å²) in [5, 5.41) is 0. The number of hydrogen-bond acceptors (Lipinski definition) is 6. The lowest BCUT2D eigenvalue weighted by molar-refractivity contribution is 0.0746. The molecule has 7 heteroatoms. The first-order chi connectivity index (χ1) is 14.1. The van der Waals surface area contributed by atoms with Gasteiger partial charge in [-0.2, -0.15) is 4.98 Å². The summed E-state index contributed by atoms with van der Waals surface area (Å²) >= 11 is 0. The minimum atomic E-state index is 0.0543. The van der Waals surface area contributed by atoms with Crippen LogP contribution in [0.5, 0.6) is 11.6 Å². The van der Waals surface area contributed by atoms with Crippen LogP contribution in [-0.2, 0) is 0 Å². The Morgan fingerprint density at radius 3 is 2.45 bits per heavy atom. The molecule has 0 aliphatic carbocycles. The Hall–Kier alpha value is -2.83. The van der Waals surface area contributed by atoms with E-state index in [9.17, 15) is 4.79 Å². The van der Waals surface area contributed by atoms with Crippen molar-refractivity contribution in [1.29, 1.82) is 0 Å². The van der Waals surface area contributed by atoms with Gasteiger partial charge in [-0.15, -0.1) is 0 Å². The molecule has 0 spiro atoms. The maximum absolute atomic E-state index is 12.8. The Balaban J connectivity index is 1.54. The Morgan fingerprint density at radius 1 is 1.07 bits per heavy atom. The van der Waals surface area contributed by atoms with E-state index in [-0.39, 0.29) is 5.91 Å². The molecule has 0 N–H and O–H groups in total. The lowest BCUT2D eigenvalue weighted by atomic mass is 10.1. The topological polar surface area (TPSA) is 67.8 Å². The average Bonchev–Trinajstić information content (AvgIpc) is 2.76. The largest absolute Gasteiger partial charge is 0.494 e. The van der Waals surface area contributed by atoms with Gasteiger partial charge >= 0.3 is 0 Å². The van der Waals surface area contributed by atoms with Crippen molar-refractivity contribution in [1.82, 2.24) is 14.9 Å². The van der Waals surface area contributed by atoms with Gasteiger partial charge < -0.3 is 19.3 Å². The van der Waals surface area contributed by atoms with Crippen LogP contribution in [-0.4, -0.2) is 60.7 Å². The summed E-state index contributed by atoms with van der Waals surface area (Å²) in [6.07, 6.45) is 3.40. The van der Waals surface area contributed by atoms with Crippen LogP contribution in [0.4, 0.5) is 5.82 Å². The molecule has 1 aliphatic heterocycles. The standard InChI is InChI=1S/C22H30N4O3/c1-4-5-6-15-29-19-9-7-18(8-10-19)22(27)26-13-11-25(12-14-26)20-16-21(28-3)24-17(2)23-20/h7-10,16H,4-6,11-15H2,1-3H3. The number of ether oxygens (including phenoxy) is 2. The number of benzene rings is 1. The Bertz CT molecular complexity index is 802. The van der Waals surface area contributed by atoms with Gasteiger partial charge in [-0.25, -0.2) is 4.98 Å². The fraction of sp³-hybridized carbons (Fsp3) is 0.500. The fourth-order valence-electron chi connectivity index (χ4n) is 3.35. The normalized spacial score (nSPS) is 14.0. The second-order valence-corrected chi connectivity index (χ2v) is 7.17. The molecule has 0 atom stereocenters. The minimum Gasteiger partial charge on any atom is -0.494 e. The predicted octanol–water partition coefficient (Wildman–Crippen LogP) is 3.33. The Labute approximate surface area is 172 Å². The Morgan fingerprint density at radius 2 is 1.79 bits per heavy atom. The van der Waals surface area contributed by atoms with Crippen molar-refractivity contribution in [3.63, 3.8) is 0 Å². The van der Waals surface area contributed by atoms with Gasteiger partial charge in [0.2, 0.25) is 5.88 Å². The van der Waals surface area contributed by atoms with Crippen LogP contribution >= 0.6 is 0 Å². The van der Waals surface area contributed by atoms with Crippen LogP contribution in [0.25, 0.3) is 0 Å². The highest BCUT2D eigenvalue weighted by atomic mass is 16.5. The summed E-state index contributed by atoms with van der Waals surface area (Å²) in [5.74, 6) is 2.94. The lowest BCUT2D eigenvalue weighted by Crippen LogP contribution is -2.49. The molecule has 2 heterocycles. The molecule has 1 aromatic carbocycles. The highest BCUT2D eigenvalue weighted by Gasteiger charge is 2.23. The molecular formula is C22H30N4O3. The summed E-state index contributed by atoms with van der Waals surface area (Å²) in [6, 6.07) is 9.30. The van der Waals surface area contributed by atoms with Gasteiger partial charge in [0.1, 0.15) is 17.4 Å². The van der Waals surface area contributed by atoms with Crippen molar-refractivity contribution in [3.8, 4) is 11.6 Å². The first kappa shape index (κ1) is 20.9. The summed E-state index contributed by atoms with van der Waals surface area (Å²) < 4.78 is 11.0. The third kappa shape index (κ3) is 5.59. The van der Waals surface area contributed by atoms with Crippen molar-refractivity contribution in [2.45, 2.75) is 33.1 Å². The van der Waals surface area contributed by atoms with Gasteiger partial charge in [-0.3, -0.25) is 4.79 Å². The van der Waals surface area contributed by atoms with E-state index in [0.717, 1.165) is 37.7 Å². The molecule has 0 saturated carbocycles. The first-order valence-electron chi connectivity index (χ1n) is 10.3. The SMILES string of the molecule is CCCCCOc1ccc(C(=O)N2CCN(c3cc(OC)nc(C)n3)CC2)cc1. The number of amides is 1. The van der Waals surface area contributed by atoms with Crippen molar-refractivity contribution in [2.75, 3.05) is 44.8 Å². The quantitative estimate of drug-likeness (QED) is 0.636. The third-order valence-corrected chi connectivity index (χ3v) is 5.02. The zero-order valence-corrected chi connectivity index (χ0v) is 17.6. The van der Waals surface area contributed by atoms with Crippen LogP contribution in [0.2, 0.25) is 0 Å². The molecule has 156 valence electrons. The number of rotatable bonds is 8. The number of carbonyl (C=O) groups is 1. The number of nitrogens with zero attached hydrogens (tertiary/aromatic N) is 4. The number of methoxy groups -OCH3 is 1. The molecular weight excluding hydrogens is 368 g/mol. The van der Waals surface area contributed by atoms with Crippen LogP contribution in [0, 0.1) is 6.92 Å². The zero-order valence-electron chi connectivity index (χ0n) is 17.6. The molecule has 1 saturated heterocycles. The second-order valence-electron chi connectivity index (χ2n) is 7.17. The highest BCUT2D eigenvalue weighted by Crippen LogP contribution is 2.20. The number of hydrogen-bond donors (Lipinski definition) is 0. The highest BCUT2D eigenvalue weighted by molar-refractivity contribution is 5.94. The molecule has 29 heavy (non-hydrogen) atoms. The van der Waals surface area contributed by atoms with E-state index in [0.29, 0.717) is 30.4 Å². The molecule has 7 nitrogen and oxygen atoms in total. The zero-order chi connectivity index (χ0) is 20.6. The summed E-state index contributed by atoms with van der Waals surface area (Å²) in [5.41, 5.74) is 0.693. The molecule has 1 aliphatic rings. The van der Waals surface area contributed by atoms with E-state index in [1.807, 2.05) is 42.2 Å². The smallest absolute Gasteiger partial charge is 0.253 e. The maximum Gasteiger partial charge on any atom is 0.253 e. The number of anilines is 1. The number of carbonyl (C=O) groups excluding carboxylic acids is 1. The fourth-order valence-corrected chi connectivity index (χ4v) is 3.35. The Kier molecular flexibility index (Phi) is 7.27. The molecule has 1 amide bonds. The molecule has 2 aromatic rings. The van der Waals surface area contributed by atoms with Gasteiger partial charge in [0.05, 0.1) is 13.7 Å². The van der Waals surface area contributed by atoms with E-state index >= 15 is 0 Å². The second kappa shape index (κ2) is 10.1. The molecule has 0 unspecified atom stereocenters. The van der Waals surface area contributed by atoms with Gasteiger partial charge in [-0.1, -0.05) is 19.8 Å². The van der Waals surface area contributed by atoms with Gasteiger partial charge in [-0.05, 0) is 37.6 Å². The maximum atomic E-state index is 12.8. The number of piperazine rings is 1. The van der Waals surface area contributed by atoms with Crippen molar-refractivity contribution in [2.24, 2.45) is 0 Å². The summed E-state index contributed by atoms with van der Waals surface area (Å²) in [6.45, 7) is 7.50.